The largest absolute Gasteiger partial charge is 0.361 e. The number of imide groups is 1. The molecule has 7 heteroatoms. The fraction of sp³-hybridized carbons (Fsp3) is 0.150. The Kier molecular flexibility index (Phi) is 4.41. The molecule has 136 valence electrons. The number of hydrogen-bond acceptors (Lipinski definition) is 3. The van der Waals surface area contributed by atoms with Crippen molar-refractivity contribution in [2.75, 3.05) is 13.1 Å². The van der Waals surface area contributed by atoms with Gasteiger partial charge in [-0.1, -0.05) is 35.9 Å². The molecule has 1 aliphatic heterocycles. The number of carbonyl (C=O) groups is 3. The summed E-state index contributed by atoms with van der Waals surface area (Å²) in [4.78, 5) is 41.3. The first kappa shape index (κ1) is 17.3. The second-order valence-electron chi connectivity index (χ2n) is 6.31. The molecule has 0 spiro atoms. The number of halogens is 1. The highest BCUT2D eigenvalue weighted by Crippen LogP contribution is 2.28. The monoisotopic (exact) mass is 381 g/mol. The topological polar surface area (TPSA) is 82.3 Å². The Hall–Kier alpha value is -3.12. The Morgan fingerprint density at radius 2 is 1.89 bits per heavy atom. The Balaban J connectivity index is 1.36. The summed E-state index contributed by atoms with van der Waals surface area (Å²) in [5, 5.41) is 4.03. The van der Waals surface area contributed by atoms with Gasteiger partial charge < -0.3 is 10.3 Å². The number of amides is 3. The minimum atomic E-state index is -0.425. The Bertz CT molecular complexity index is 1070. The van der Waals surface area contributed by atoms with Crippen LogP contribution in [0, 0.1) is 0 Å². The first-order valence-electron chi connectivity index (χ1n) is 8.52. The van der Waals surface area contributed by atoms with Gasteiger partial charge in [0.25, 0.3) is 11.8 Å². The lowest BCUT2D eigenvalue weighted by Crippen LogP contribution is -2.38. The Labute approximate surface area is 160 Å². The lowest BCUT2D eigenvalue weighted by atomic mass is 10.1. The van der Waals surface area contributed by atoms with E-state index in [1.807, 2.05) is 30.5 Å². The number of fused-ring (bicyclic) bond motifs is 2. The highest BCUT2D eigenvalue weighted by atomic mass is 35.5. The van der Waals surface area contributed by atoms with Gasteiger partial charge in [0.1, 0.15) is 0 Å². The third kappa shape index (κ3) is 3.08. The van der Waals surface area contributed by atoms with Crippen molar-refractivity contribution in [1.82, 2.24) is 15.2 Å². The van der Waals surface area contributed by atoms with Crippen LogP contribution in [0.1, 0.15) is 26.3 Å². The van der Waals surface area contributed by atoms with E-state index < -0.39 is 5.91 Å². The molecule has 4 rings (SSSR count). The summed E-state index contributed by atoms with van der Waals surface area (Å²) in [5.41, 5.74) is 2.41. The van der Waals surface area contributed by atoms with Crippen molar-refractivity contribution in [3.63, 3.8) is 0 Å². The van der Waals surface area contributed by atoms with E-state index in [1.54, 1.807) is 18.2 Å². The molecule has 2 aromatic carbocycles. The lowest BCUT2D eigenvalue weighted by Gasteiger charge is -2.14. The smallest absolute Gasteiger partial charge is 0.263 e. The van der Waals surface area contributed by atoms with Crippen molar-refractivity contribution >= 4 is 40.2 Å². The van der Waals surface area contributed by atoms with Gasteiger partial charge in [-0.2, -0.15) is 0 Å². The normalized spacial score (nSPS) is 13.3. The molecular weight excluding hydrogens is 366 g/mol. The van der Waals surface area contributed by atoms with E-state index in [0.717, 1.165) is 21.4 Å². The summed E-state index contributed by atoms with van der Waals surface area (Å²) in [6, 6.07) is 12.6. The van der Waals surface area contributed by atoms with E-state index in [1.165, 1.54) is 0 Å². The van der Waals surface area contributed by atoms with Gasteiger partial charge in [-0.15, -0.1) is 0 Å². The second-order valence-corrected chi connectivity index (χ2v) is 6.72. The number of nitrogens with one attached hydrogen (secondary N) is 2. The summed E-state index contributed by atoms with van der Waals surface area (Å²) < 4.78 is 0. The van der Waals surface area contributed by atoms with Crippen molar-refractivity contribution in [3.8, 4) is 0 Å². The van der Waals surface area contributed by atoms with Gasteiger partial charge >= 0.3 is 0 Å². The zero-order valence-electron chi connectivity index (χ0n) is 14.3. The van der Waals surface area contributed by atoms with E-state index in [2.05, 4.69) is 10.3 Å². The number of H-pyrrole nitrogens is 1. The lowest BCUT2D eigenvalue weighted by molar-refractivity contribution is -0.120. The summed E-state index contributed by atoms with van der Waals surface area (Å²) in [6.45, 7) is 0.284. The molecular formula is C20H16ClN3O3. The summed E-state index contributed by atoms with van der Waals surface area (Å²) >= 11 is 6.03. The van der Waals surface area contributed by atoms with Gasteiger partial charge in [-0.3, -0.25) is 19.3 Å². The van der Waals surface area contributed by atoms with Gasteiger partial charge in [-0.25, -0.2) is 0 Å². The van der Waals surface area contributed by atoms with Crippen LogP contribution in [0.4, 0.5) is 0 Å². The number of carbonyl (C=O) groups excluding carboxylic acids is 3. The van der Waals surface area contributed by atoms with Crippen LogP contribution < -0.4 is 5.32 Å². The molecule has 0 aliphatic carbocycles. The van der Waals surface area contributed by atoms with Crippen molar-refractivity contribution in [2.24, 2.45) is 0 Å². The molecule has 0 saturated carbocycles. The fourth-order valence-corrected chi connectivity index (χ4v) is 3.57. The average Bonchev–Trinajstić information content (AvgIpc) is 3.17. The van der Waals surface area contributed by atoms with Gasteiger partial charge in [0, 0.05) is 30.2 Å². The van der Waals surface area contributed by atoms with E-state index in [-0.39, 0.29) is 41.9 Å². The number of hydrogen-bond donors (Lipinski definition) is 2. The van der Waals surface area contributed by atoms with Crippen molar-refractivity contribution in [3.05, 3.63) is 70.4 Å². The first-order valence-corrected chi connectivity index (χ1v) is 8.90. The standard InChI is InChI=1S/C20H16ClN3O3/c21-15-6-3-5-14-18(15)20(27)24(19(14)26)9-8-22-17(25)10-12-11-23-16-7-2-1-4-13(12)16/h1-7,11,23H,8-10H2,(H,22,25). The number of aromatic amines is 1. The number of rotatable bonds is 5. The Morgan fingerprint density at radius 1 is 1.07 bits per heavy atom. The van der Waals surface area contributed by atoms with E-state index in [0.29, 0.717) is 5.56 Å². The van der Waals surface area contributed by atoms with Crippen LogP contribution in [0.2, 0.25) is 5.02 Å². The molecule has 0 atom stereocenters. The quantitative estimate of drug-likeness (QED) is 0.667. The summed E-state index contributed by atoms with van der Waals surface area (Å²) in [7, 11) is 0. The molecule has 0 fully saturated rings. The fourth-order valence-electron chi connectivity index (χ4n) is 3.32. The van der Waals surface area contributed by atoms with Crippen LogP contribution in [0.5, 0.6) is 0 Å². The molecule has 1 aromatic heterocycles. The maximum absolute atomic E-state index is 12.4. The highest BCUT2D eigenvalue weighted by Gasteiger charge is 2.36. The molecule has 2 N–H and O–H groups in total. The Morgan fingerprint density at radius 3 is 2.70 bits per heavy atom. The average molecular weight is 382 g/mol. The number of aromatic nitrogens is 1. The van der Waals surface area contributed by atoms with Gasteiger partial charge in [0.2, 0.25) is 5.91 Å². The zero-order chi connectivity index (χ0) is 19.0. The molecule has 0 radical (unpaired) electrons. The molecule has 27 heavy (non-hydrogen) atoms. The third-order valence-electron chi connectivity index (χ3n) is 4.63. The van der Waals surface area contributed by atoms with Crippen molar-refractivity contribution < 1.29 is 14.4 Å². The molecule has 0 saturated heterocycles. The van der Waals surface area contributed by atoms with Crippen LogP contribution in [-0.2, 0) is 11.2 Å². The second kappa shape index (κ2) is 6.89. The van der Waals surface area contributed by atoms with Crippen LogP contribution in [-0.4, -0.2) is 40.7 Å². The van der Waals surface area contributed by atoms with E-state index in [4.69, 9.17) is 11.6 Å². The molecule has 0 bridgehead atoms. The van der Waals surface area contributed by atoms with Crippen LogP contribution in [0.3, 0.4) is 0 Å². The van der Waals surface area contributed by atoms with Crippen LogP contribution in [0.25, 0.3) is 10.9 Å². The predicted octanol–water partition coefficient (Wildman–Crippen LogP) is 2.78. The minimum absolute atomic E-state index is 0.0995. The molecule has 6 nitrogen and oxygen atoms in total. The zero-order valence-corrected chi connectivity index (χ0v) is 15.0. The maximum Gasteiger partial charge on any atom is 0.263 e. The van der Waals surface area contributed by atoms with Gasteiger partial charge in [0.15, 0.2) is 0 Å². The third-order valence-corrected chi connectivity index (χ3v) is 4.95. The van der Waals surface area contributed by atoms with Crippen molar-refractivity contribution in [1.29, 1.82) is 0 Å². The van der Waals surface area contributed by atoms with Gasteiger partial charge in [0.05, 0.1) is 22.6 Å². The summed E-state index contributed by atoms with van der Waals surface area (Å²) in [5.74, 6) is -0.982. The number of nitrogens with zero attached hydrogens (tertiary/aromatic N) is 1. The molecule has 2 heterocycles. The van der Waals surface area contributed by atoms with Crippen LogP contribution >= 0.6 is 11.6 Å². The number of para-hydroxylation sites is 1. The predicted molar refractivity (Wildman–Crippen MR) is 102 cm³/mol. The van der Waals surface area contributed by atoms with Crippen LogP contribution in [0.15, 0.2) is 48.7 Å². The summed E-state index contributed by atoms with van der Waals surface area (Å²) in [6.07, 6.45) is 2.04. The van der Waals surface area contributed by atoms with E-state index in [9.17, 15) is 14.4 Å². The first-order chi connectivity index (χ1) is 13.1. The number of benzene rings is 2. The molecule has 0 unspecified atom stereocenters. The molecule has 3 amide bonds. The minimum Gasteiger partial charge on any atom is -0.361 e. The SMILES string of the molecule is O=C(Cc1c[nH]c2ccccc12)NCCN1C(=O)c2cccc(Cl)c2C1=O. The highest BCUT2D eigenvalue weighted by molar-refractivity contribution is 6.37. The molecule has 3 aromatic rings. The van der Waals surface area contributed by atoms with E-state index >= 15 is 0 Å². The molecule has 1 aliphatic rings. The van der Waals surface area contributed by atoms with Crippen molar-refractivity contribution in [2.45, 2.75) is 6.42 Å². The van der Waals surface area contributed by atoms with Gasteiger partial charge in [-0.05, 0) is 23.8 Å². The maximum atomic E-state index is 12.4.